The fourth-order valence-electron chi connectivity index (χ4n) is 0.480. The second-order valence-corrected chi connectivity index (χ2v) is 1.96. The summed E-state index contributed by atoms with van der Waals surface area (Å²) < 4.78 is 11.5. The molecule has 0 rings (SSSR count). The minimum Gasteiger partial charge on any atom is -0.392 e. The molecule has 0 amide bonds. The van der Waals surface area contributed by atoms with Gasteiger partial charge in [-0.3, -0.25) is 0 Å². The van der Waals surface area contributed by atoms with Gasteiger partial charge < -0.3 is 5.11 Å². The van der Waals surface area contributed by atoms with E-state index >= 15 is 0 Å². The Morgan fingerprint density at radius 3 is 2.70 bits per heavy atom. The highest BCUT2D eigenvalue weighted by molar-refractivity contribution is 6.18. The third-order valence-electron chi connectivity index (χ3n) is 0.943. The van der Waals surface area contributed by atoms with Gasteiger partial charge in [0.1, 0.15) is 6.67 Å². The van der Waals surface area contributed by atoms with Crippen LogP contribution in [-0.2, 0) is 0 Å². The second-order valence-electron chi connectivity index (χ2n) is 1.65. The molecule has 0 saturated heterocycles. The normalized spacial score (nSPS) is 12.9. The van der Waals surface area contributed by atoms with Crippen molar-refractivity contribution in [2.45, 2.75) is 0 Å². The van der Waals surface area contributed by atoms with Crippen LogP contribution in [-0.4, -0.2) is 24.3 Å². The van der Waals surface area contributed by atoms with Crippen molar-refractivity contribution in [3.8, 4) is 0 Å². The lowest BCUT2D eigenvalue weighted by Gasteiger charge is -1.92. The number of hydrogen-bond donors (Lipinski definition) is 1. The van der Waals surface area contributed by atoms with Crippen LogP contribution in [0, 0.1) is 0 Å². The fraction of sp³-hybridized carbons (Fsp3) is 0.429. The van der Waals surface area contributed by atoms with E-state index in [1.807, 2.05) is 0 Å². The molecule has 10 heavy (non-hydrogen) atoms. The zero-order valence-corrected chi connectivity index (χ0v) is 6.31. The van der Waals surface area contributed by atoms with Crippen LogP contribution in [0.3, 0.4) is 0 Å². The average Bonchev–Trinajstić information content (AvgIpc) is 1.98. The molecule has 1 nitrogen and oxygen atoms in total. The molecule has 58 valence electrons. The maximum atomic E-state index is 11.5. The van der Waals surface area contributed by atoms with Crippen molar-refractivity contribution >= 4 is 11.6 Å². The molecular formula is C7H10ClFO. The summed E-state index contributed by atoms with van der Waals surface area (Å²) in [6, 6.07) is 0. The van der Waals surface area contributed by atoms with Crippen molar-refractivity contribution in [3.63, 3.8) is 0 Å². The predicted molar refractivity (Wildman–Crippen MR) is 41.0 cm³/mol. The summed E-state index contributed by atoms with van der Waals surface area (Å²) in [6.45, 7) is -0.608. The van der Waals surface area contributed by atoms with Crippen molar-refractivity contribution in [2.24, 2.45) is 0 Å². The Labute approximate surface area is 64.8 Å². The molecule has 0 spiro atoms. The Morgan fingerprint density at radius 1 is 1.60 bits per heavy atom. The first-order chi connectivity index (χ1) is 4.85. The Bertz CT molecular complexity index is 132. The molecule has 0 aromatic rings. The summed E-state index contributed by atoms with van der Waals surface area (Å²) in [5.74, 6) is 0.340. The molecule has 0 unspecified atom stereocenters. The monoisotopic (exact) mass is 164 g/mol. The molecule has 0 radical (unpaired) electrons. The number of allylic oxidation sites excluding steroid dienone is 2. The molecule has 0 atom stereocenters. The van der Waals surface area contributed by atoms with Gasteiger partial charge in [0.05, 0.1) is 6.61 Å². The second kappa shape index (κ2) is 6.78. The minimum absolute atomic E-state index is 0.0940. The number of halogens is 2. The first-order valence-corrected chi connectivity index (χ1v) is 3.47. The van der Waals surface area contributed by atoms with E-state index in [4.69, 9.17) is 16.7 Å². The Hall–Kier alpha value is -0.340. The summed E-state index contributed by atoms with van der Waals surface area (Å²) in [5, 5.41) is 8.58. The standard InChI is InChI=1S/C7H10ClFO/c8-4-3-7(6-10)2-1-5-9/h1-3,10H,4-6H2/b2-1-,7-3+. The van der Waals surface area contributed by atoms with Crippen LogP contribution in [0.25, 0.3) is 0 Å². The van der Waals surface area contributed by atoms with Crippen molar-refractivity contribution in [2.75, 3.05) is 19.2 Å². The van der Waals surface area contributed by atoms with Gasteiger partial charge in [-0.15, -0.1) is 11.6 Å². The number of alkyl halides is 2. The van der Waals surface area contributed by atoms with Crippen LogP contribution in [0.5, 0.6) is 0 Å². The molecular weight excluding hydrogens is 155 g/mol. The SMILES string of the molecule is OCC(/C=C\CF)=C/CCl. The van der Waals surface area contributed by atoms with E-state index in [0.29, 0.717) is 11.5 Å². The van der Waals surface area contributed by atoms with Gasteiger partial charge in [-0.2, -0.15) is 0 Å². The number of hydrogen-bond acceptors (Lipinski definition) is 1. The number of aliphatic hydroxyl groups is 1. The topological polar surface area (TPSA) is 20.2 Å². The molecule has 0 heterocycles. The molecule has 0 aromatic carbocycles. The fourth-order valence-corrected chi connectivity index (χ4v) is 0.679. The third-order valence-corrected chi connectivity index (χ3v) is 1.10. The van der Waals surface area contributed by atoms with Gasteiger partial charge in [-0.25, -0.2) is 4.39 Å². The zero-order valence-electron chi connectivity index (χ0n) is 5.56. The van der Waals surface area contributed by atoms with Gasteiger partial charge in [-0.1, -0.05) is 18.2 Å². The molecule has 3 heteroatoms. The largest absolute Gasteiger partial charge is 0.392 e. The highest BCUT2D eigenvalue weighted by Gasteiger charge is 1.85. The summed E-state index contributed by atoms with van der Waals surface area (Å²) in [6.07, 6.45) is 4.48. The zero-order chi connectivity index (χ0) is 7.82. The summed E-state index contributed by atoms with van der Waals surface area (Å²) in [4.78, 5) is 0. The molecule has 0 bridgehead atoms. The van der Waals surface area contributed by atoms with Gasteiger partial charge >= 0.3 is 0 Å². The Balaban J connectivity index is 3.82. The molecule has 0 aliphatic rings. The van der Waals surface area contributed by atoms with E-state index in [0.717, 1.165) is 0 Å². The lowest BCUT2D eigenvalue weighted by molar-refractivity contribution is 0.334. The van der Waals surface area contributed by atoms with E-state index in [9.17, 15) is 4.39 Å². The number of aliphatic hydroxyl groups excluding tert-OH is 1. The third kappa shape index (κ3) is 4.53. The van der Waals surface area contributed by atoms with Crippen molar-refractivity contribution in [1.82, 2.24) is 0 Å². The van der Waals surface area contributed by atoms with Crippen LogP contribution in [0.2, 0.25) is 0 Å². The number of rotatable bonds is 4. The summed E-state index contributed by atoms with van der Waals surface area (Å²) >= 11 is 5.34. The minimum atomic E-state index is -0.514. The van der Waals surface area contributed by atoms with Crippen LogP contribution >= 0.6 is 11.6 Å². The highest BCUT2D eigenvalue weighted by atomic mass is 35.5. The van der Waals surface area contributed by atoms with E-state index in [1.54, 1.807) is 6.08 Å². The predicted octanol–water partition coefficient (Wildman–Crippen LogP) is 1.67. The van der Waals surface area contributed by atoms with E-state index in [-0.39, 0.29) is 6.61 Å². The first kappa shape index (κ1) is 9.66. The maximum absolute atomic E-state index is 11.5. The molecule has 0 fully saturated rings. The van der Waals surface area contributed by atoms with Crippen LogP contribution in [0.4, 0.5) is 4.39 Å². The van der Waals surface area contributed by atoms with Crippen LogP contribution in [0.1, 0.15) is 0 Å². The van der Waals surface area contributed by atoms with Crippen molar-refractivity contribution < 1.29 is 9.50 Å². The van der Waals surface area contributed by atoms with Gasteiger partial charge in [0, 0.05) is 5.88 Å². The summed E-state index contributed by atoms with van der Waals surface area (Å²) in [5.41, 5.74) is 0.646. The van der Waals surface area contributed by atoms with Gasteiger partial charge in [0.2, 0.25) is 0 Å². The summed E-state index contributed by atoms with van der Waals surface area (Å²) in [7, 11) is 0. The van der Waals surface area contributed by atoms with Crippen LogP contribution in [0.15, 0.2) is 23.8 Å². The maximum Gasteiger partial charge on any atom is 0.108 e. The lowest BCUT2D eigenvalue weighted by atomic mass is 10.2. The van der Waals surface area contributed by atoms with E-state index in [1.165, 1.54) is 12.2 Å². The van der Waals surface area contributed by atoms with Crippen LogP contribution < -0.4 is 0 Å². The first-order valence-electron chi connectivity index (χ1n) is 2.93. The Morgan fingerprint density at radius 2 is 2.30 bits per heavy atom. The Kier molecular flexibility index (Phi) is 6.55. The molecule has 0 aliphatic heterocycles. The van der Waals surface area contributed by atoms with Gasteiger partial charge in [-0.05, 0) is 5.57 Å². The van der Waals surface area contributed by atoms with E-state index in [2.05, 4.69) is 0 Å². The smallest absolute Gasteiger partial charge is 0.108 e. The van der Waals surface area contributed by atoms with Gasteiger partial charge in [0.25, 0.3) is 0 Å². The molecule has 0 aliphatic carbocycles. The van der Waals surface area contributed by atoms with Crippen molar-refractivity contribution in [1.29, 1.82) is 0 Å². The average molecular weight is 165 g/mol. The van der Waals surface area contributed by atoms with E-state index < -0.39 is 6.67 Å². The lowest BCUT2D eigenvalue weighted by Crippen LogP contribution is -1.86. The molecule has 0 aromatic heterocycles. The molecule has 1 N–H and O–H groups in total. The van der Waals surface area contributed by atoms with Gasteiger partial charge in [0.15, 0.2) is 0 Å². The van der Waals surface area contributed by atoms with Crippen molar-refractivity contribution in [3.05, 3.63) is 23.8 Å². The quantitative estimate of drug-likeness (QED) is 0.495. The highest BCUT2D eigenvalue weighted by Crippen LogP contribution is 1.96. The molecule has 0 saturated carbocycles.